The first-order chi connectivity index (χ1) is 9.13. The zero-order chi connectivity index (χ0) is 13.8. The molecule has 1 amide bonds. The van der Waals surface area contributed by atoms with E-state index < -0.39 is 5.82 Å². The fourth-order valence-corrected chi connectivity index (χ4v) is 2.98. The van der Waals surface area contributed by atoms with Crippen molar-refractivity contribution < 1.29 is 9.18 Å². The first-order valence-electron chi connectivity index (χ1n) is 6.45. The molecule has 5 heteroatoms. The van der Waals surface area contributed by atoms with Gasteiger partial charge in [-0.05, 0) is 47.0 Å². The maximum Gasteiger partial charge on any atom is 0.254 e. The molecule has 0 spiro atoms. The van der Waals surface area contributed by atoms with Crippen molar-refractivity contribution in [3.05, 3.63) is 34.1 Å². The average molecular weight is 349 g/mol. The van der Waals surface area contributed by atoms with E-state index in [0.717, 1.165) is 25.7 Å². The van der Waals surface area contributed by atoms with Gasteiger partial charge in [-0.2, -0.15) is 0 Å². The summed E-state index contributed by atoms with van der Waals surface area (Å²) in [7, 11) is 0. The molecule has 1 saturated carbocycles. The van der Waals surface area contributed by atoms with Crippen molar-refractivity contribution in [2.75, 3.05) is 12.4 Å². The van der Waals surface area contributed by atoms with Crippen LogP contribution in [0.1, 0.15) is 36.0 Å². The van der Waals surface area contributed by atoms with Gasteiger partial charge in [0.05, 0.1) is 4.47 Å². The van der Waals surface area contributed by atoms with Crippen molar-refractivity contribution in [3.63, 3.8) is 0 Å². The summed E-state index contributed by atoms with van der Waals surface area (Å²) in [6.45, 7) is 0.517. The molecule has 0 N–H and O–H groups in total. The summed E-state index contributed by atoms with van der Waals surface area (Å²) in [6, 6.07) is 4.74. The van der Waals surface area contributed by atoms with Crippen LogP contribution in [0.3, 0.4) is 0 Å². The molecule has 0 radical (unpaired) electrons. The smallest absolute Gasteiger partial charge is 0.254 e. The monoisotopic (exact) mass is 347 g/mol. The highest BCUT2D eigenvalue weighted by molar-refractivity contribution is 9.10. The third-order valence-electron chi connectivity index (χ3n) is 3.52. The van der Waals surface area contributed by atoms with Crippen LogP contribution in [-0.4, -0.2) is 29.3 Å². The summed E-state index contributed by atoms with van der Waals surface area (Å²) in [6.07, 6.45) is 4.32. The van der Waals surface area contributed by atoms with E-state index in [1.165, 1.54) is 6.07 Å². The Morgan fingerprint density at radius 2 is 2.11 bits per heavy atom. The van der Waals surface area contributed by atoms with Gasteiger partial charge in [0.25, 0.3) is 5.91 Å². The minimum Gasteiger partial charge on any atom is -0.334 e. The van der Waals surface area contributed by atoms with Gasteiger partial charge in [0.2, 0.25) is 0 Å². The van der Waals surface area contributed by atoms with E-state index in [-0.39, 0.29) is 11.9 Å². The molecule has 0 atom stereocenters. The predicted molar refractivity (Wildman–Crippen MR) is 78.1 cm³/mol. The highest BCUT2D eigenvalue weighted by atomic mass is 79.9. The zero-order valence-electron chi connectivity index (χ0n) is 10.5. The van der Waals surface area contributed by atoms with Gasteiger partial charge in [0.1, 0.15) is 5.82 Å². The van der Waals surface area contributed by atoms with Crippen LogP contribution in [0, 0.1) is 5.82 Å². The van der Waals surface area contributed by atoms with Crippen molar-refractivity contribution in [1.29, 1.82) is 0 Å². The molecule has 1 aromatic rings. The molecular weight excluding hydrogens is 333 g/mol. The molecule has 1 aromatic carbocycles. The Balaban J connectivity index is 2.20. The molecular formula is C14H16BrClFNO. The highest BCUT2D eigenvalue weighted by Gasteiger charge is 2.27. The van der Waals surface area contributed by atoms with Gasteiger partial charge in [0, 0.05) is 24.0 Å². The van der Waals surface area contributed by atoms with E-state index in [4.69, 9.17) is 11.6 Å². The van der Waals surface area contributed by atoms with Gasteiger partial charge in [-0.25, -0.2) is 4.39 Å². The molecule has 19 heavy (non-hydrogen) atoms. The van der Waals surface area contributed by atoms with Crippen molar-refractivity contribution in [2.45, 2.75) is 31.7 Å². The summed E-state index contributed by atoms with van der Waals surface area (Å²) in [5.41, 5.74) is 0.387. The van der Waals surface area contributed by atoms with Crippen molar-refractivity contribution in [1.82, 2.24) is 4.90 Å². The van der Waals surface area contributed by atoms with Gasteiger partial charge < -0.3 is 4.90 Å². The normalized spacial score (nSPS) is 15.7. The number of amides is 1. The maximum absolute atomic E-state index is 13.5. The second-order valence-corrected chi connectivity index (χ2v) is 5.99. The summed E-state index contributed by atoms with van der Waals surface area (Å²) in [5, 5.41) is 0. The van der Waals surface area contributed by atoms with Crippen LogP contribution in [-0.2, 0) is 0 Å². The molecule has 1 aliphatic rings. The van der Waals surface area contributed by atoms with Gasteiger partial charge in [-0.3, -0.25) is 4.79 Å². The highest BCUT2D eigenvalue weighted by Crippen LogP contribution is 2.25. The Labute approximate surface area is 126 Å². The van der Waals surface area contributed by atoms with Crippen LogP contribution in [0.5, 0.6) is 0 Å². The lowest BCUT2D eigenvalue weighted by Crippen LogP contribution is -2.40. The molecule has 104 valence electrons. The van der Waals surface area contributed by atoms with Crippen molar-refractivity contribution in [3.8, 4) is 0 Å². The first kappa shape index (κ1) is 14.8. The summed E-state index contributed by atoms with van der Waals surface area (Å²) < 4.78 is 13.9. The van der Waals surface area contributed by atoms with E-state index >= 15 is 0 Å². The largest absolute Gasteiger partial charge is 0.334 e. The Bertz CT molecular complexity index is 463. The molecule has 0 unspecified atom stereocenters. The fraction of sp³-hybridized carbons (Fsp3) is 0.500. The van der Waals surface area contributed by atoms with Crippen LogP contribution >= 0.6 is 27.5 Å². The number of benzene rings is 1. The Kier molecular flexibility index (Phi) is 5.22. The Morgan fingerprint density at radius 1 is 1.42 bits per heavy atom. The third-order valence-corrected chi connectivity index (χ3v) is 4.33. The van der Waals surface area contributed by atoms with Gasteiger partial charge in [-0.15, -0.1) is 11.6 Å². The molecule has 2 nitrogen and oxygen atoms in total. The lowest BCUT2D eigenvalue weighted by Gasteiger charge is -2.28. The molecule has 0 aliphatic heterocycles. The molecule has 1 aliphatic carbocycles. The predicted octanol–water partition coefficient (Wildman–Crippen LogP) is 4.21. The minimum absolute atomic E-state index is 0.126. The van der Waals surface area contributed by atoms with Crippen LogP contribution < -0.4 is 0 Å². The standard InChI is InChI=1S/C14H16BrClFNO/c15-12-6-5-10(9-13(12)17)14(19)18(8-7-16)11-3-1-2-4-11/h5-6,9,11H,1-4,7-8H2. The van der Waals surface area contributed by atoms with E-state index in [0.29, 0.717) is 22.5 Å². The summed E-state index contributed by atoms with van der Waals surface area (Å²) >= 11 is 8.88. The average Bonchev–Trinajstić information content (AvgIpc) is 2.92. The van der Waals surface area contributed by atoms with Crippen molar-refractivity contribution >= 4 is 33.4 Å². The number of carbonyl (C=O) groups excluding carboxylic acids is 1. The van der Waals surface area contributed by atoms with Crippen LogP contribution in [0.4, 0.5) is 4.39 Å². The number of hydrogen-bond donors (Lipinski definition) is 0. The van der Waals surface area contributed by atoms with Gasteiger partial charge >= 0.3 is 0 Å². The quantitative estimate of drug-likeness (QED) is 0.746. The third kappa shape index (κ3) is 3.48. The van der Waals surface area contributed by atoms with E-state index in [1.807, 2.05) is 0 Å². The van der Waals surface area contributed by atoms with Crippen LogP contribution in [0.25, 0.3) is 0 Å². The van der Waals surface area contributed by atoms with Crippen LogP contribution in [0.15, 0.2) is 22.7 Å². The molecule has 0 saturated heterocycles. The SMILES string of the molecule is O=C(c1ccc(Br)c(F)c1)N(CCCl)C1CCCC1. The topological polar surface area (TPSA) is 20.3 Å². The molecule has 0 aromatic heterocycles. The number of rotatable bonds is 4. The lowest BCUT2D eigenvalue weighted by molar-refractivity contribution is 0.0694. The second kappa shape index (κ2) is 6.71. The number of hydrogen-bond acceptors (Lipinski definition) is 1. The summed E-state index contributed by atoms with van der Waals surface area (Å²) in [5.74, 6) is -0.136. The molecule has 1 fully saturated rings. The van der Waals surface area contributed by atoms with Crippen LogP contribution in [0.2, 0.25) is 0 Å². The molecule has 2 rings (SSSR count). The van der Waals surface area contributed by atoms with Crippen molar-refractivity contribution in [2.24, 2.45) is 0 Å². The fourth-order valence-electron chi connectivity index (χ4n) is 2.55. The van der Waals surface area contributed by atoms with E-state index in [1.54, 1.807) is 17.0 Å². The summed E-state index contributed by atoms with van der Waals surface area (Å²) in [4.78, 5) is 14.3. The Hall–Kier alpha value is -0.610. The zero-order valence-corrected chi connectivity index (χ0v) is 12.9. The van der Waals surface area contributed by atoms with Gasteiger partial charge in [0.15, 0.2) is 0 Å². The number of nitrogens with zero attached hydrogens (tertiary/aromatic N) is 1. The van der Waals surface area contributed by atoms with E-state index in [2.05, 4.69) is 15.9 Å². The lowest BCUT2D eigenvalue weighted by atomic mass is 10.1. The number of alkyl halides is 1. The maximum atomic E-state index is 13.5. The van der Waals surface area contributed by atoms with Gasteiger partial charge in [-0.1, -0.05) is 12.8 Å². The van der Waals surface area contributed by atoms with E-state index in [9.17, 15) is 9.18 Å². The molecule has 0 heterocycles. The number of carbonyl (C=O) groups is 1. The number of halogens is 3. The Morgan fingerprint density at radius 3 is 2.68 bits per heavy atom. The molecule has 0 bridgehead atoms. The minimum atomic E-state index is -0.414. The second-order valence-electron chi connectivity index (χ2n) is 4.75. The first-order valence-corrected chi connectivity index (χ1v) is 7.78.